The van der Waals surface area contributed by atoms with Crippen molar-refractivity contribution < 1.29 is 19.1 Å². The molecule has 4 N–H and O–H groups in total. The number of anilines is 1. The molecule has 1 aromatic carbocycles. The Morgan fingerprint density at radius 2 is 1.93 bits per heavy atom. The molecule has 1 aliphatic rings. The van der Waals surface area contributed by atoms with Gasteiger partial charge in [0.05, 0.1) is 10.8 Å². The highest BCUT2D eigenvalue weighted by atomic mass is 35.5. The van der Waals surface area contributed by atoms with E-state index < -0.39 is 23.9 Å². The van der Waals surface area contributed by atoms with Crippen LogP contribution in [0.1, 0.15) is 17.5 Å². The van der Waals surface area contributed by atoms with Crippen LogP contribution >= 0.6 is 22.9 Å². The maximum absolute atomic E-state index is 12.7. The van der Waals surface area contributed by atoms with Gasteiger partial charge in [-0.3, -0.25) is 9.59 Å². The maximum atomic E-state index is 12.7. The number of rotatable bonds is 6. The number of fused-ring (bicyclic) bond motifs is 1. The van der Waals surface area contributed by atoms with Crippen LogP contribution in [-0.4, -0.2) is 49.0 Å². The Bertz CT molecular complexity index is 949. The Kier molecular flexibility index (Phi) is 7.30. The van der Waals surface area contributed by atoms with E-state index in [9.17, 15) is 14.4 Å². The molecule has 1 aliphatic heterocycles. The first kappa shape index (κ1) is 22.1. The van der Waals surface area contributed by atoms with Gasteiger partial charge in [-0.15, -0.1) is 0 Å². The number of likely N-dealkylation sites (N-methyl/N-ethyl adjacent to an activating group) is 1. The lowest BCUT2D eigenvalue weighted by molar-refractivity contribution is -0.123. The largest absolute Gasteiger partial charge is 0.414 e. The van der Waals surface area contributed by atoms with Crippen LogP contribution in [0.25, 0.3) is 0 Å². The van der Waals surface area contributed by atoms with E-state index in [0.717, 1.165) is 37.3 Å². The summed E-state index contributed by atoms with van der Waals surface area (Å²) in [6, 6.07) is 7.68. The SMILES string of the molecule is CN1CCc2ccc(NC(=O)[C@@H](CC(N)=O)NC(=O)Oc3ccc(Cl)s3)cc2CC1. The van der Waals surface area contributed by atoms with Crippen LogP contribution < -0.4 is 21.1 Å². The molecular weight excluding hydrogens is 428 g/mol. The van der Waals surface area contributed by atoms with Gasteiger partial charge >= 0.3 is 6.09 Å². The average Bonchev–Trinajstić information content (AvgIpc) is 2.99. The third-order valence-corrected chi connectivity index (χ3v) is 5.86. The van der Waals surface area contributed by atoms with Gasteiger partial charge in [-0.2, -0.15) is 0 Å². The van der Waals surface area contributed by atoms with Gasteiger partial charge in [0.2, 0.25) is 11.8 Å². The van der Waals surface area contributed by atoms with Crippen LogP contribution in [0, 0.1) is 0 Å². The normalized spacial score (nSPS) is 14.9. The van der Waals surface area contributed by atoms with Gasteiger partial charge in [-0.05, 0) is 55.3 Å². The summed E-state index contributed by atoms with van der Waals surface area (Å²) in [5.74, 6) is -1.28. The van der Waals surface area contributed by atoms with E-state index >= 15 is 0 Å². The van der Waals surface area contributed by atoms with Crippen molar-refractivity contribution in [3.63, 3.8) is 0 Å². The standard InChI is InChI=1S/C20H23ClN4O4S/c1-25-8-6-12-2-3-14(10-13(12)7-9-25)23-19(27)15(11-17(22)26)24-20(28)29-18-5-4-16(21)30-18/h2-5,10,15H,6-9,11H2,1H3,(H2,22,26)(H,23,27)(H,24,28)/t15-/m1/s1. The molecule has 0 spiro atoms. The van der Waals surface area contributed by atoms with Gasteiger partial charge in [0.25, 0.3) is 0 Å². The topological polar surface area (TPSA) is 114 Å². The van der Waals surface area contributed by atoms with Crippen molar-refractivity contribution in [2.24, 2.45) is 5.73 Å². The summed E-state index contributed by atoms with van der Waals surface area (Å²) < 4.78 is 5.55. The van der Waals surface area contributed by atoms with Crippen molar-refractivity contribution in [2.75, 3.05) is 25.5 Å². The van der Waals surface area contributed by atoms with Crippen LogP contribution in [0.5, 0.6) is 5.06 Å². The fourth-order valence-corrected chi connectivity index (χ4v) is 4.04. The van der Waals surface area contributed by atoms with E-state index in [1.807, 2.05) is 18.2 Å². The summed E-state index contributed by atoms with van der Waals surface area (Å²) in [5, 5.41) is 5.41. The van der Waals surface area contributed by atoms with Gasteiger partial charge in [0.15, 0.2) is 5.06 Å². The quantitative estimate of drug-likeness (QED) is 0.625. The molecule has 2 heterocycles. The second-order valence-electron chi connectivity index (χ2n) is 7.09. The predicted octanol–water partition coefficient (Wildman–Crippen LogP) is 2.40. The number of nitrogens with one attached hydrogen (secondary N) is 2. The predicted molar refractivity (Wildman–Crippen MR) is 116 cm³/mol. The Hall–Kier alpha value is -2.62. The molecule has 0 fully saturated rings. The zero-order chi connectivity index (χ0) is 21.7. The molecule has 0 saturated heterocycles. The molecular formula is C20H23ClN4O4S. The van der Waals surface area contributed by atoms with Gasteiger partial charge in [-0.25, -0.2) is 4.79 Å². The monoisotopic (exact) mass is 450 g/mol. The molecule has 0 saturated carbocycles. The van der Waals surface area contributed by atoms with E-state index in [1.165, 1.54) is 17.2 Å². The molecule has 0 unspecified atom stereocenters. The first-order valence-corrected chi connectivity index (χ1v) is 10.6. The fraction of sp³-hybridized carbons (Fsp3) is 0.350. The number of primary amides is 1. The summed E-state index contributed by atoms with van der Waals surface area (Å²) in [4.78, 5) is 38.5. The summed E-state index contributed by atoms with van der Waals surface area (Å²) in [6.07, 6.45) is 0.598. The molecule has 3 amide bonds. The molecule has 30 heavy (non-hydrogen) atoms. The second-order valence-corrected chi connectivity index (χ2v) is 8.77. The van der Waals surface area contributed by atoms with Gasteiger partial charge in [0, 0.05) is 18.8 Å². The van der Waals surface area contributed by atoms with Crippen molar-refractivity contribution in [1.29, 1.82) is 0 Å². The minimum absolute atomic E-state index is 0.270. The van der Waals surface area contributed by atoms with E-state index in [1.54, 1.807) is 6.07 Å². The second kappa shape index (κ2) is 9.92. The number of hydrogen-bond acceptors (Lipinski definition) is 6. The summed E-state index contributed by atoms with van der Waals surface area (Å²) in [6.45, 7) is 1.93. The zero-order valence-electron chi connectivity index (χ0n) is 16.4. The first-order chi connectivity index (χ1) is 14.3. The van der Waals surface area contributed by atoms with E-state index in [-0.39, 0.29) is 11.5 Å². The lowest BCUT2D eigenvalue weighted by Crippen LogP contribution is -2.47. The summed E-state index contributed by atoms with van der Waals surface area (Å²) >= 11 is 6.88. The van der Waals surface area contributed by atoms with Crippen molar-refractivity contribution >= 4 is 46.5 Å². The molecule has 10 heteroatoms. The Balaban J connectivity index is 1.66. The smallest absolute Gasteiger partial charge is 0.399 e. The number of ether oxygens (including phenoxy) is 1. The number of nitrogens with zero attached hydrogens (tertiary/aromatic N) is 1. The molecule has 0 aliphatic carbocycles. The van der Waals surface area contributed by atoms with Gasteiger partial charge in [-0.1, -0.05) is 29.0 Å². The molecule has 0 radical (unpaired) electrons. The lowest BCUT2D eigenvalue weighted by Gasteiger charge is -2.17. The van der Waals surface area contributed by atoms with Crippen LogP contribution in [0.15, 0.2) is 30.3 Å². The first-order valence-electron chi connectivity index (χ1n) is 9.43. The Morgan fingerprint density at radius 3 is 2.60 bits per heavy atom. The highest BCUT2D eigenvalue weighted by Crippen LogP contribution is 2.28. The van der Waals surface area contributed by atoms with Crippen LogP contribution in [-0.2, 0) is 22.4 Å². The maximum Gasteiger partial charge on any atom is 0.414 e. The minimum Gasteiger partial charge on any atom is -0.399 e. The number of thiophene rings is 1. The highest BCUT2D eigenvalue weighted by molar-refractivity contribution is 7.17. The van der Waals surface area contributed by atoms with Crippen molar-refractivity contribution in [1.82, 2.24) is 10.2 Å². The Morgan fingerprint density at radius 1 is 1.20 bits per heavy atom. The van der Waals surface area contributed by atoms with E-state index in [0.29, 0.717) is 10.0 Å². The molecule has 8 nitrogen and oxygen atoms in total. The van der Waals surface area contributed by atoms with Crippen LogP contribution in [0.4, 0.5) is 10.5 Å². The summed E-state index contributed by atoms with van der Waals surface area (Å²) in [5.41, 5.74) is 8.27. The van der Waals surface area contributed by atoms with Gasteiger partial charge in [0.1, 0.15) is 6.04 Å². The average molecular weight is 451 g/mol. The molecule has 160 valence electrons. The van der Waals surface area contributed by atoms with Crippen molar-refractivity contribution in [3.8, 4) is 5.06 Å². The number of hydrogen-bond donors (Lipinski definition) is 3. The molecule has 2 aromatic rings. The minimum atomic E-state index is -1.17. The number of halogens is 1. The third kappa shape index (κ3) is 6.19. The summed E-state index contributed by atoms with van der Waals surface area (Å²) in [7, 11) is 2.08. The molecule has 1 aromatic heterocycles. The third-order valence-electron chi connectivity index (χ3n) is 4.76. The van der Waals surface area contributed by atoms with E-state index in [2.05, 4.69) is 22.6 Å². The number of carbonyl (C=O) groups excluding carboxylic acids is 3. The molecule has 0 bridgehead atoms. The lowest BCUT2D eigenvalue weighted by atomic mass is 10.0. The van der Waals surface area contributed by atoms with Crippen molar-refractivity contribution in [2.45, 2.75) is 25.3 Å². The van der Waals surface area contributed by atoms with Crippen molar-refractivity contribution in [3.05, 3.63) is 45.8 Å². The molecule has 1 atom stereocenters. The van der Waals surface area contributed by atoms with Crippen LogP contribution in [0.2, 0.25) is 4.34 Å². The highest BCUT2D eigenvalue weighted by Gasteiger charge is 2.24. The fourth-order valence-electron chi connectivity index (χ4n) is 3.17. The van der Waals surface area contributed by atoms with Crippen LogP contribution in [0.3, 0.4) is 0 Å². The number of nitrogens with two attached hydrogens (primary N) is 1. The Labute approximate surface area is 183 Å². The zero-order valence-corrected chi connectivity index (χ0v) is 18.0. The molecule has 3 rings (SSSR count). The van der Waals surface area contributed by atoms with Gasteiger partial charge < -0.3 is 26.0 Å². The number of carbonyl (C=O) groups is 3. The number of benzene rings is 1. The number of amides is 3. The van der Waals surface area contributed by atoms with E-state index in [4.69, 9.17) is 22.1 Å².